The smallest absolute Gasteiger partial charge is 0.255 e. The van der Waals surface area contributed by atoms with E-state index in [2.05, 4.69) is 15.6 Å². The van der Waals surface area contributed by atoms with Gasteiger partial charge in [-0.2, -0.15) is 0 Å². The number of anilines is 1. The van der Waals surface area contributed by atoms with Crippen LogP contribution >= 0.6 is 0 Å². The van der Waals surface area contributed by atoms with Crippen molar-refractivity contribution in [1.82, 2.24) is 10.3 Å². The monoisotopic (exact) mass is 441 g/mol. The minimum atomic E-state index is -0.560. The summed E-state index contributed by atoms with van der Waals surface area (Å²) in [6.07, 6.45) is 4.13. The van der Waals surface area contributed by atoms with E-state index in [1.54, 1.807) is 54.9 Å². The zero-order chi connectivity index (χ0) is 22.9. The number of hydrogen-bond donors (Lipinski definition) is 3. The molecule has 0 saturated heterocycles. The Morgan fingerprint density at radius 3 is 2.64 bits per heavy atom. The number of nitrogens with zero attached hydrogens (tertiary/aromatic N) is 1. The number of dihydropyridines is 1. The summed E-state index contributed by atoms with van der Waals surface area (Å²) >= 11 is 0. The van der Waals surface area contributed by atoms with E-state index in [0.717, 1.165) is 17.0 Å². The van der Waals surface area contributed by atoms with Crippen LogP contribution < -0.4 is 10.6 Å². The van der Waals surface area contributed by atoms with Crippen LogP contribution in [-0.2, 0) is 9.59 Å². The highest BCUT2D eigenvalue weighted by molar-refractivity contribution is 6.09. The Labute approximate surface area is 190 Å². The molecule has 33 heavy (non-hydrogen) atoms. The molecule has 3 N–H and O–H groups in total. The van der Waals surface area contributed by atoms with E-state index in [0.29, 0.717) is 35.5 Å². The first kappa shape index (κ1) is 20.8. The van der Waals surface area contributed by atoms with E-state index >= 15 is 0 Å². The molecule has 3 heterocycles. The summed E-state index contributed by atoms with van der Waals surface area (Å²) in [6.45, 7) is 1.84. The van der Waals surface area contributed by atoms with Gasteiger partial charge < -0.3 is 20.2 Å². The number of Topliss-reactive ketones (excluding diaryl/α,β-unsaturated/α-hetero) is 1. The quantitative estimate of drug-likeness (QED) is 0.555. The lowest BCUT2D eigenvalue weighted by molar-refractivity contribution is -0.116. The first-order valence-corrected chi connectivity index (χ1v) is 10.8. The van der Waals surface area contributed by atoms with Crippen molar-refractivity contribution >= 4 is 17.5 Å². The Balaban J connectivity index is 1.57. The number of aromatic nitrogens is 1. The number of nitrogens with one attached hydrogen (secondary N) is 2. The number of pyridine rings is 1. The van der Waals surface area contributed by atoms with Crippen LogP contribution in [0.25, 0.3) is 0 Å². The second-order valence-corrected chi connectivity index (χ2v) is 8.29. The maximum atomic E-state index is 13.5. The van der Waals surface area contributed by atoms with E-state index in [9.17, 15) is 14.7 Å². The second-order valence-electron chi connectivity index (χ2n) is 8.29. The van der Waals surface area contributed by atoms with Gasteiger partial charge in [0.1, 0.15) is 17.3 Å². The number of amides is 1. The molecule has 0 spiro atoms. The van der Waals surface area contributed by atoms with Crippen LogP contribution in [0.1, 0.15) is 42.9 Å². The molecule has 1 aromatic carbocycles. The number of benzene rings is 1. The van der Waals surface area contributed by atoms with Gasteiger partial charge >= 0.3 is 0 Å². The molecule has 7 nitrogen and oxygen atoms in total. The number of allylic oxidation sites excluding steroid dienone is 3. The van der Waals surface area contributed by atoms with E-state index in [1.165, 1.54) is 0 Å². The standard InChI is InChI=1S/C26H23N3O4/c1-15-23(26(32)29-22-6-2-3-11-27-22)24(16-7-9-18(30)10-8-16)25-19(28-15)13-17(14-20(25)31)21-5-4-12-33-21/h2-12,17,24,28,30H,13-14H2,1H3,(H,27,29,32)/t17-,24-/m1/s1. The molecule has 0 unspecified atom stereocenters. The average Bonchev–Trinajstić information content (AvgIpc) is 3.34. The topological polar surface area (TPSA) is 104 Å². The van der Waals surface area contributed by atoms with Crippen LogP contribution in [0.3, 0.4) is 0 Å². The molecule has 7 heteroatoms. The molecule has 0 saturated carbocycles. The Hall–Kier alpha value is -4.13. The predicted octanol–water partition coefficient (Wildman–Crippen LogP) is 4.38. The predicted molar refractivity (Wildman–Crippen MR) is 122 cm³/mol. The third-order valence-electron chi connectivity index (χ3n) is 6.15. The van der Waals surface area contributed by atoms with Gasteiger partial charge in [0.05, 0.1) is 6.26 Å². The summed E-state index contributed by atoms with van der Waals surface area (Å²) < 4.78 is 5.56. The largest absolute Gasteiger partial charge is 0.508 e. The highest BCUT2D eigenvalue weighted by Crippen LogP contribution is 2.45. The van der Waals surface area contributed by atoms with Crippen LogP contribution in [0, 0.1) is 0 Å². The highest BCUT2D eigenvalue weighted by atomic mass is 16.3. The SMILES string of the molecule is CC1=C(C(=O)Nc2ccccn2)[C@@H](c2ccc(O)cc2)C2=C(C[C@@H](c3ccco3)CC2=O)N1. The van der Waals surface area contributed by atoms with E-state index in [4.69, 9.17) is 4.42 Å². The molecule has 0 fully saturated rings. The molecule has 3 aromatic rings. The molecular weight excluding hydrogens is 418 g/mol. The van der Waals surface area contributed by atoms with Gasteiger partial charge in [-0.1, -0.05) is 18.2 Å². The number of hydrogen-bond acceptors (Lipinski definition) is 6. The fraction of sp³-hybridized carbons (Fsp3) is 0.192. The molecule has 1 aliphatic carbocycles. The van der Waals surface area contributed by atoms with Crippen molar-refractivity contribution in [3.05, 3.63) is 101 Å². The molecule has 0 bridgehead atoms. The number of aromatic hydroxyl groups is 1. The summed E-state index contributed by atoms with van der Waals surface area (Å²) in [5.41, 5.74) is 3.28. The van der Waals surface area contributed by atoms with Crippen molar-refractivity contribution in [1.29, 1.82) is 0 Å². The average molecular weight is 441 g/mol. The molecule has 5 rings (SSSR count). The Bertz CT molecular complexity index is 1260. The van der Waals surface area contributed by atoms with Crippen molar-refractivity contribution in [2.45, 2.75) is 31.6 Å². The number of furan rings is 1. The first-order chi connectivity index (χ1) is 16.0. The Kier molecular flexibility index (Phi) is 5.30. The van der Waals surface area contributed by atoms with E-state index in [-0.39, 0.29) is 23.4 Å². The summed E-state index contributed by atoms with van der Waals surface area (Å²) in [5.74, 6) is 0.350. The molecule has 2 aromatic heterocycles. The van der Waals surface area contributed by atoms with E-state index < -0.39 is 5.92 Å². The zero-order valence-electron chi connectivity index (χ0n) is 18.0. The number of rotatable bonds is 4. The molecular formula is C26H23N3O4. The number of phenolic OH excluding ortho intramolecular Hbond substituents is 1. The van der Waals surface area contributed by atoms with Crippen molar-refractivity contribution in [2.24, 2.45) is 0 Å². The summed E-state index contributed by atoms with van der Waals surface area (Å²) in [6, 6.07) is 15.6. The van der Waals surface area contributed by atoms with Gasteiger partial charge in [-0.25, -0.2) is 4.98 Å². The Morgan fingerprint density at radius 2 is 1.94 bits per heavy atom. The van der Waals surface area contributed by atoms with Crippen molar-refractivity contribution < 1.29 is 19.1 Å². The van der Waals surface area contributed by atoms with Crippen molar-refractivity contribution in [3.63, 3.8) is 0 Å². The minimum Gasteiger partial charge on any atom is -0.508 e. The lowest BCUT2D eigenvalue weighted by Crippen LogP contribution is -2.37. The molecule has 2 atom stereocenters. The normalized spacial score (nSPS) is 20.3. The van der Waals surface area contributed by atoms with Crippen molar-refractivity contribution in [3.8, 4) is 5.75 Å². The van der Waals surface area contributed by atoms with Crippen LogP contribution in [0.15, 0.2) is 94.0 Å². The maximum absolute atomic E-state index is 13.5. The number of carbonyl (C=O) groups is 2. The van der Waals surface area contributed by atoms with Gasteiger partial charge in [0.2, 0.25) is 0 Å². The highest BCUT2D eigenvalue weighted by Gasteiger charge is 2.41. The van der Waals surface area contributed by atoms with Gasteiger partial charge in [-0.15, -0.1) is 0 Å². The van der Waals surface area contributed by atoms with Gasteiger partial charge in [-0.05, 0) is 55.3 Å². The first-order valence-electron chi connectivity index (χ1n) is 10.8. The van der Waals surface area contributed by atoms with E-state index in [1.807, 2.05) is 19.1 Å². The molecule has 0 radical (unpaired) electrons. The second kappa shape index (κ2) is 8.43. The lowest BCUT2D eigenvalue weighted by Gasteiger charge is -2.36. The fourth-order valence-corrected chi connectivity index (χ4v) is 4.69. The maximum Gasteiger partial charge on any atom is 0.255 e. The fourth-order valence-electron chi connectivity index (χ4n) is 4.69. The van der Waals surface area contributed by atoms with Crippen LogP contribution in [-0.4, -0.2) is 21.8 Å². The lowest BCUT2D eigenvalue weighted by atomic mass is 9.72. The Morgan fingerprint density at radius 1 is 1.12 bits per heavy atom. The molecule has 1 amide bonds. The number of phenols is 1. The number of ketones is 1. The van der Waals surface area contributed by atoms with Crippen LogP contribution in [0.5, 0.6) is 5.75 Å². The minimum absolute atomic E-state index is 0.0288. The third-order valence-corrected chi connectivity index (χ3v) is 6.15. The third kappa shape index (κ3) is 3.93. The van der Waals surface area contributed by atoms with Gasteiger partial charge in [0.15, 0.2) is 5.78 Å². The van der Waals surface area contributed by atoms with Gasteiger partial charge in [-0.3, -0.25) is 9.59 Å². The van der Waals surface area contributed by atoms with Crippen molar-refractivity contribution in [2.75, 3.05) is 5.32 Å². The molecule has 2 aliphatic rings. The van der Waals surface area contributed by atoms with Crippen LogP contribution in [0.4, 0.5) is 5.82 Å². The zero-order valence-corrected chi connectivity index (χ0v) is 18.0. The summed E-state index contributed by atoms with van der Waals surface area (Å²) in [7, 11) is 0. The molecule has 166 valence electrons. The van der Waals surface area contributed by atoms with Crippen LogP contribution in [0.2, 0.25) is 0 Å². The molecule has 1 aliphatic heterocycles. The van der Waals surface area contributed by atoms with Gasteiger partial charge in [0, 0.05) is 47.0 Å². The van der Waals surface area contributed by atoms with Gasteiger partial charge in [0.25, 0.3) is 5.91 Å². The number of carbonyl (C=O) groups excluding carboxylic acids is 2. The summed E-state index contributed by atoms with van der Waals surface area (Å²) in [5, 5.41) is 16.0. The summed E-state index contributed by atoms with van der Waals surface area (Å²) in [4.78, 5) is 31.1.